The highest BCUT2D eigenvalue weighted by atomic mass is 79.9. The molecule has 9 heteroatoms. The zero-order chi connectivity index (χ0) is 18.6. The lowest BCUT2D eigenvalue weighted by molar-refractivity contribution is 0.0600. The number of sulfonamides is 1. The van der Waals surface area contributed by atoms with Gasteiger partial charge in [0.15, 0.2) is 5.75 Å². The van der Waals surface area contributed by atoms with Crippen LogP contribution in [0.15, 0.2) is 45.8 Å². The summed E-state index contributed by atoms with van der Waals surface area (Å²) < 4.78 is 37.8. The van der Waals surface area contributed by atoms with E-state index in [2.05, 4.69) is 25.4 Å². The van der Waals surface area contributed by atoms with Crippen molar-refractivity contribution in [1.29, 1.82) is 0 Å². The molecule has 0 bridgehead atoms. The minimum absolute atomic E-state index is 0.0388. The molecule has 0 aliphatic carbocycles. The summed E-state index contributed by atoms with van der Waals surface area (Å²) in [5, 5.41) is 0.260. The number of carbonyl (C=O) groups is 1. The lowest BCUT2D eigenvalue weighted by atomic mass is 10.1. The van der Waals surface area contributed by atoms with Crippen molar-refractivity contribution in [3.8, 4) is 5.75 Å². The van der Waals surface area contributed by atoms with Crippen LogP contribution in [-0.4, -0.2) is 28.6 Å². The second-order valence-corrected chi connectivity index (χ2v) is 7.96. The maximum atomic E-state index is 12.6. The highest BCUT2D eigenvalue weighted by molar-refractivity contribution is 9.10. The standard InChI is InChI=1S/C16H15BrClNO5S/c1-23-15-13(17)7-12(18)8-14(15)25(21,22)19-9-10-3-5-11(6-4-10)16(20)24-2/h3-8,19H,9H2,1-2H3. The number of methoxy groups -OCH3 is 2. The molecular weight excluding hydrogens is 434 g/mol. The minimum Gasteiger partial charge on any atom is -0.494 e. The first-order chi connectivity index (χ1) is 11.8. The molecule has 2 aromatic carbocycles. The van der Waals surface area contributed by atoms with E-state index in [0.717, 1.165) is 0 Å². The van der Waals surface area contributed by atoms with Gasteiger partial charge < -0.3 is 9.47 Å². The van der Waals surface area contributed by atoms with E-state index in [0.29, 0.717) is 15.6 Å². The predicted octanol–water partition coefficient (Wildman–Crippen LogP) is 3.38. The van der Waals surface area contributed by atoms with Gasteiger partial charge in [0.1, 0.15) is 4.90 Å². The first-order valence-electron chi connectivity index (χ1n) is 6.98. The largest absolute Gasteiger partial charge is 0.494 e. The van der Waals surface area contributed by atoms with E-state index in [1.807, 2.05) is 0 Å². The van der Waals surface area contributed by atoms with Crippen LogP contribution in [0.1, 0.15) is 15.9 Å². The Hall–Kier alpha value is -1.61. The van der Waals surface area contributed by atoms with Gasteiger partial charge in [-0.15, -0.1) is 0 Å². The molecule has 0 saturated heterocycles. The number of halogens is 2. The van der Waals surface area contributed by atoms with Crippen molar-refractivity contribution in [2.24, 2.45) is 0 Å². The zero-order valence-electron chi connectivity index (χ0n) is 13.4. The van der Waals surface area contributed by atoms with Crippen LogP contribution in [0.2, 0.25) is 5.02 Å². The molecule has 0 fully saturated rings. The second kappa shape index (κ2) is 8.18. The first-order valence-corrected chi connectivity index (χ1v) is 9.64. The Morgan fingerprint density at radius 3 is 2.40 bits per heavy atom. The Labute approximate surface area is 159 Å². The Bertz CT molecular complexity index is 884. The molecule has 25 heavy (non-hydrogen) atoms. The normalized spacial score (nSPS) is 11.2. The molecule has 0 heterocycles. The molecule has 1 N–H and O–H groups in total. The number of hydrogen-bond acceptors (Lipinski definition) is 5. The zero-order valence-corrected chi connectivity index (χ0v) is 16.5. The number of ether oxygens (including phenoxy) is 2. The van der Waals surface area contributed by atoms with Crippen LogP contribution in [0.4, 0.5) is 0 Å². The monoisotopic (exact) mass is 447 g/mol. The van der Waals surface area contributed by atoms with Gasteiger partial charge >= 0.3 is 5.97 Å². The third kappa shape index (κ3) is 4.72. The lowest BCUT2D eigenvalue weighted by Gasteiger charge is -2.13. The summed E-state index contributed by atoms with van der Waals surface area (Å²) in [6, 6.07) is 9.26. The highest BCUT2D eigenvalue weighted by Crippen LogP contribution is 2.35. The van der Waals surface area contributed by atoms with Crippen molar-refractivity contribution in [3.63, 3.8) is 0 Å². The van der Waals surface area contributed by atoms with Crippen molar-refractivity contribution in [3.05, 3.63) is 57.0 Å². The predicted molar refractivity (Wildman–Crippen MR) is 97.5 cm³/mol. The maximum absolute atomic E-state index is 12.6. The maximum Gasteiger partial charge on any atom is 0.337 e. The summed E-state index contributed by atoms with van der Waals surface area (Å²) in [6.45, 7) is 0.0388. The van der Waals surface area contributed by atoms with Gasteiger partial charge in [-0.05, 0) is 45.8 Å². The van der Waals surface area contributed by atoms with Gasteiger partial charge in [-0.3, -0.25) is 0 Å². The van der Waals surface area contributed by atoms with Gasteiger partial charge in [-0.1, -0.05) is 23.7 Å². The van der Waals surface area contributed by atoms with Gasteiger partial charge in [0.25, 0.3) is 0 Å². The number of esters is 1. The summed E-state index contributed by atoms with van der Waals surface area (Å²) >= 11 is 9.17. The number of carbonyl (C=O) groups excluding carboxylic acids is 1. The lowest BCUT2D eigenvalue weighted by Crippen LogP contribution is -2.24. The van der Waals surface area contributed by atoms with Gasteiger partial charge in [-0.2, -0.15) is 0 Å². The number of rotatable bonds is 6. The molecule has 0 aliphatic rings. The van der Waals surface area contributed by atoms with Gasteiger partial charge in [0.2, 0.25) is 10.0 Å². The molecular formula is C16H15BrClNO5S. The van der Waals surface area contributed by atoms with E-state index < -0.39 is 16.0 Å². The van der Waals surface area contributed by atoms with Crippen LogP contribution in [0.5, 0.6) is 5.75 Å². The average Bonchev–Trinajstić information content (AvgIpc) is 2.59. The molecule has 2 aromatic rings. The number of hydrogen-bond donors (Lipinski definition) is 1. The van der Waals surface area contributed by atoms with Crippen LogP contribution in [0.3, 0.4) is 0 Å². The molecule has 0 radical (unpaired) electrons. The van der Waals surface area contributed by atoms with E-state index in [4.69, 9.17) is 16.3 Å². The molecule has 0 aromatic heterocycles. The number of nitrogens with one attached hydrogen (secondary N) is 1. The van der Waals surface area contributed by atoms with Crippen LogP contribution in [0.25, 0.3) is 0 Å². The van der Waals surface area contributed by atoms with E-state index in [1.165, 1.54) is 20.3 Å². The fourth-order valence-corrected chi connectivity index (χ4v) is 4.47. The van der Waals surface area contributed by atoms with Crippen LogP contribution >= 0.6 is 27.5 Å². The quantitative estimate of drug-likeness (QED) is 0.685. The average molecular weight is 449 g/mol. The van der Waals surface area contributed by atoms with E-state index in [-0.39, 0.29) is 22.2 Å². The van der Waals surface area contributed by atoms with Gasteiger partial charge in [0.05, 0.1) is 24.3 Å². The third-order valence-corrected chi connectivity index (χ3v) is 5.52. The fourth-order valence-electron chi connectivity index (χ4n) is 2.07. The topological polar surface area (TPSA) is 81.7 Å². The second-order valence-electron chi connectivity index (χ2n) is 4.93. The SMILES string of the molecule is COC(=O)c1ccc(CNS(=O)(=O)c2cc(Cl)cc(Br)c2OC)cc1. The first kappa shape index (κ1) is 19.7. The molecule has 0 unspecified atom stereocenters. The molecule has 0 aliphatic heterocycles. The van der Waals surface area contributed by atoms with Gasteiger partial charge in [0, 0.05) is 11.6 Å². The van der Waals surface area contributed by atoms with E-state index in [1.54, 1.807) is 30.3 Å². The molecule has 0 saturated carbocycles. The molecule has 0 atom stereocenters. The van der Waals surface area contributed by atoms with Gasteiger partial charge in [-0.25, -0.2) is 17.9 Å². The molecule has 0 spiro atoms. The van der Waals surface area contributed by atoms with E-state index >= 15 is 0 Å². The van der Waals surface area contributed by atoms with Crippen molar-refractivity contribution < 1.29 is 22.7 Å². The Kier molecular flexibility index (Phi) is 6.45. The number of benzene rings is 2. The molecule has 0 amide bonds. The molecule has 134 valence electrons. The molecule has 6 nitrogen and oxygen atoms in total. The Balaban J connectivity index is 2.21. The fraction of sp³-hybridized carbons (Fsp3) is 0.188. The Morgan fingerprint density at radius 1 is 1.20 bits per heavy atom. The Morgan fingerprint density at radius 2 is 1.84 bits per heavy atom. The summed E-state index contributed by atoms with van der Waals surface area (Å²) in [7, 11) is -1.19. The van der Waals surface area contributed by atoms with E-state index in [9.17, 15) is 13.2 Å². The van der Waals surface area contributed by atoms with Crippen LogP contribution < -0.4 is 9.46 Å². The molecule has 2 rings (SSSR count). The van der Waals surface area contributed by atoms with Crippen molar-refractivity contribution >= 4 is 43.5 Å². The summed E-state index contributed by atoms with van der Waals surface area (Å²) in [6.07, 6.45) is 0. The van der Waals surface area contributed by atoms with Crippen molar-refractivity contribution in [2.75, 3.05) is 14.2 Å². The minimum atomic E-state index is -3.86. The van der Waals surface area contributed by atoms with Crippen molar-refractivity contribution in [1.82, 2.24) is 4.72 Å². The summed E-state index contributed by atoms with van der Waals surface area (Å²) in [5.41, 5.74) is 1.06. The highest BCUT2D eigenvalue weighted by Gasteiger charge is 2.22. The van der Waals surface area contributed by atoms with Crippen LogP contribution in [-0.2, 0) is 21.3 Å². The third-order valence-electron chi connectivity index (χ3n) is 3.31. The van der Waals surface area contributed by atoms with Crippen LogP contribution in [0, 0.1) is 0 Å². The summed E-state index contributed by atoms with van der Waals surface area (Å²) in [4.78, 5) is 11.3. The summed E-state index contributed by atoms with van der Waals surface area (Å²) in [5.74, 6) is -0.293. The smallest absolute Gasteiger partial charge is 0.337 e. The van der Waals surface area contributed by atoms with Crippen molar-refractivity contribution in [2.45, 2.75) is 11.4 Å².